The van der Waals surface area contributed by atoms with E-state index in [2.05, 4.69) is 31.2 Å². The highest BCUT2D eigenvalue weighted by Gasteiger charge is 1.99. The van der Waals surface area contributed by atoms with E-state index in [9.17, 15) is 0 Å². The topological polar surface area (TPSA) is 83.1 Å². The minimum atomic E-state index is 0.531. The molecule has 0 amide bonds. The average molecular weight is 601 g/mol. The molecule has 0 atom stereocenters. The normalized spacial score (nSPS) is 11.4. The molecule has 42 heavy (non-hydrogen) atoms. The van der Waals surface area contributed by atoms with Crippen LogP contribution in [0, 0.1) is 0 Å². The van der Waals surface area contributed by atoms with Crippen LogP contribution in [-0.2, 0) is 44.3 Å². The van der Waals surface area contributed by atoms with Gasteiger partial charge in [-0.3, -0.25) is 0 Å². The first kappa shape index (κ1) is 38.7. The van der Waals surface area contributed by atoms with Crippen molar-refractivity contribution in [2.75, 3.05) is 112 Å². The Morgan fingerprint density at radius 3 is 1.14 bits per heavy atom. The Bertz CT molecular complexity index is 645. The zero-order valence-electron chi connectivity index (χ0n) is 26.7. The third-order valence-corrected chi connectivity index (χ3v) is 6.30. The van der Waals surface area contributed by atoms with Crippen molar-refractivity contribution in [3.8, 4) is 5.75 Å². The summed E-state index contributed by atoms with van der Waals surface area (Å²) in [6.07, 6.45) is 10.6. The number of unbranched alkanes of at least 4 members (excludes halogenated alkanes) is 6. The van der Waals surface area contributed by atoms with Gasteiger partial charge in [0.1, 0.15) is 12.4 Å². The van der Waals surface area contributed by atoms with Crippen molar-refractivity contribution in [1.82, 2.24) is 0 Å². The predicted octanol–water partition coefficient (Wildman–Crippen LogP) is 5.51. The van der Waals surface area contributed by atoms with E-state index in [0.29, 0.717) is 112 Å². The molecule has 1 aromatic carbocycles. The standard InChI is InChI=1S/C33H60O9/c1-3-5-6-7-8-9-10-11-32-12-14-33(15-13-32)42-31-30-41-29-28-40-27-26-39-25-24-38-23-22-37-21-20-36-19-18-35-17-16-34-4-2/h12-15H,3-11,16-31H2,1-2H3. The smallest absolute Gasteiger partial charge is 0.119 e. The number of rotatable bonds is 34. The molecular weight excluding hydrogens is 540 g/mol. The van der Waals surface area contributed by atoms with Gasteiger partial charge in [-0.05, 0) is 37.5 Å². The first-order valence-electron chi connectivity index (χ1n) is 16.2. The molecule has 0 N–H and O–H groups in total. The Kier molecular flexibility index (Phi) is 30.1. The molecule has 0 fully saturated rings. The highest BCUT2D eigenvalue weighted by Crippen LogP contribution is 2.15. The second-order valence-electron chi connectivity index (χ2n) is 9.85. The fourth-order valence-corrected chi connectivity index (χ4v) is 3.94. The van der Waals surface area contributed by atoms with Gasteiger partial charge in [0.05, 0.1) is 99.1 Å². The van der Waals surface area contributed by atoms with E-state index in [1.54, 1.807) is 0 Å². The van der Waals surface area contributed by atoms with Gasteiger partial charge in [0.25, 0.3) is 0 Å². The molecule has 0 heterocycles. The van der Waals surface area contributed by atoms with Gasteiger partial charge >= 0.3 is 0 Å². The Morgan fingerprint density at radius 2 is 0.738 bits per heavy atom. The fourth-order valence-electron chi connectivity index (χ4n) is 3.94. The Balaban J connectivity index is 1.74. The molecule has 0 saturated carbocycles. The molecule has 0 saturated heterocycles. The van der Waals surface area contributed by atoms with Gasteiger partial charge in [0.2, 0.25) is 0 Å². The van der Waals surface area contributed by atoms with Crippen molar-refractivity contribution in [1.29, 1.82) is 0 Å². The van der Waals surface area contributed by atoms with Crippen LogP contribution in [0.4, 0.5) is 0 Å². The fraction of sp³-hybridized carbons (Fsp3) is 0.818. The molecule has 0 aliphatic heterocycles. The summed E-state index contributed by atoms with van der Waals surface area (Å²) in [7, 11) is 0. The molecule has 0 aliphatic rings. The summed E-state index contributed by atoms with van der Waals surface area (Å²) in [4.78, 5) is 0. The van der Waals surface area contributed by atoms with Crippen LogP contribution in [0.3, 0.4) is 0 Å². The van der Waals surface area contributed by atoms with Crippen LogP contribution < -0.4 is 4.74 Å². The quantitative estimate of drug-likeness (QED) is 0.0951. The molecule has 0 aliphatic carbocycles. The summed E-state index contributed by atoms with van der Waals surface area (Å²) in [6, 6.07) is 8.46. The van der Waals surface area contributed by atoms with Crippen LogP contribution in [0.15, 0.2) is 24.3 Å². The Labute approximate surface area is 255 Å². The summed E-state index contributed by atoms with van der Waals surface area (Å²) in [5, 5.41) is 0. The van der Waals surface area contributed by atoms with Crippen molar-refractivity contribution in [3.63, 3.8) is 0 Å². The molecule has 1 aromatic rings. The Morgan fingerprint density at radius 1 is 0.381 bits per heavy atom. The van der Waals surface area contributed by atoms with Gasteiger partial charge in [-0.1, -0.05) is 57.6 Å². The van der Waals surface area contributed by atoms with E-state index in [4.69, 9.17) is 42.6 Å². The minimum absolute atomic E-state index is 0.531. The van der Waals surface area contributed by atoms with Gasteiger partial charge in [0, 0.05) is 6.61 Å². The van der Waals surface area contributed by atoms with Crippen molar-refractivity contribution in [3.05, 3.63) is 29.8 Å². The van der Waals surface area contributed by atoms with E-state index in [1.807, 2.05) is 6.92 Å². The molecule has 0 unspecified atom stereocenters. The lowest BCUT2D eigenvalue weighted by molar-refractivity contribution is -0.0233. The number of hydrogen-bond donors (Lipinski definition) is 0. The average Bonchev–Trinajstić information content (AvgIpc) is 3.01. The largest absolute Gasteiger partial charge is 0.491 e. The zero-order valence-corrected chi connectivity index (χ0v) is 26.7. The maximum atomic E-state index is 5.77. The summed E-state index contributed by atoms with van der Waals surface area (Å²) < 4.78 is 49.3. The van der Waals surface area contributed by atoms with Gasteiger partial charge in [-0.2, -0.15) is 0 Å². The van der Waals surface area contributed by atoms with Crippen molar-refractivity contribution < 1.29 is 42.6 Å². The monoisotopic (exact) mass is 600 g/mol. The highest BCUT2D eigenvalue weighted by atomic mass is 16.6. The molecule has 246 valence electrons. The first-order valence-corrected chi connectivity index (χ1v) is 16.2. The van der Waals surface area contributed by atoms with Crippen LogP contribution >= 0.6 is 0 Å². The molecule has 0 radical (unpaired) electrons. The summed E-state index contributed by atoms with van der Waals surface area (Å²) >= 11 is 0. The number of aryl methyl sites for hydroxylation is 1. The maximum Gasteiger partial charge on any atom is 0.119 e. The first-order chi connectivity index (χ1) is 20.9. The van der Waals surface area contributed by atoms with E-state index >= 15 is 0 Å². The molecule has 0 aromatic heterocycles. The molecule has 0 spiro atoms. The van der Waals surface area contributed by atoms with Crippen LogP contribution in [0.2, 0.25) is 0 Å². The van der Waals surface area contributed by atoms with E-state index < -0.39 is 0 Å². The minimum Gasteiger partial charge on any atom is -0.491 e. The second kappa shape index (κ2) is 32.6. The highest BCUT2D eigenvalue weighted by molar-refractivity contribution is 5.27. The maximum absolute atomic E-state index is 5.77. The molecule has 1 rings (SSSR count). The van der Waals surface area contributed by atoms with Crippen LogP contribution in [0.1, 0.15) is 64.4 Å². The summed E-state index contributed by atoms with van der Waals surface area (Å²) in [6.45, 7) is 13.7. The van der Waals surface area contributed by atoms with Gasteiger partial charge in [-0.15, -0.1) is 0 Å². The van der Waals surface area contributed by atoms with Crippen molar-refractivity contribution in [2.24, 2.45) is 0 Å². The number of hydrogen-bond acceptors (Lipinski definition) is 9. The molecule has 9 heteroatoms. The van der Waals surface area contributed by atoms with Crippen LogP contribution in [-0.4, -0.2) is 112 Å². The second-order valence-corrected chi connectivity index (χ2v) is 9.85. The molecular formula is C33H60O9. The lowest BCUT2D eigenvalue weighted by atomic mass is 10.0. The van der Waals surface area contributed by atoms with Crippen LogP contribution in [0.25, 0.3) is 0 Å². The summed E-state index contributed by atoms with van der Waals surface area (Å²) in [5.41, 5.74) is 1.38. The number of benzene rings is 1. The van der Waals surface area contributed by atoms with Crippen molar-refractivity contribution >= 4 is 0 Å². The predicted molar refractivity (Wildman–Crippen MR) is 166 cm³/mol. The molecule has 9 nitrogen and oxygen atoms in total. The van der Waals surface area contributed by atoms with Gasteiger partial charge < -0.3 is 42.6 Å². The third-order valence-electron chi connectivity index (χ3n) is 6.30. The van der Waals surface area contributed by atoms with Crippen LogP contribution in [0.5, 0.6) is 5.75 Å². The lowest BCUT2D eigenvalue weighted by Gasteiger charge is -2.09. The van der Waals surface area contributed by atoms with E-state index in [-0.39, 0.29) is 0 Å². The van der Waals surface area contributed by atoms with E-state index in [0.717, 1.165) is 12.2 Å². The lowest BCUT2D eigenvalue weighted by Crippen LogP contribution is -2.15. The Hall–Kier alpha value is -1.30. The van der Waals surface area contributed by atoms with E-state index in [1.165, 1.54) is 50.5 Å². The SMILES string of the molecule is CCCCCCCCCc1ccc(OCCOCCOCCOCCOCCOCCOCCOCCOCC)cc1. The summed E-state index contributed by atoms with van der Waals surface area (Å²) in [5.74, 6) is 0.892. The number of ether oxygens (including phenoxy) is 9. The third kappa shape index (κ3) is 27.5. The zero-order chi connectivity index (χ0) is 30.0. The van der Waals surface area contributed by atoms with Gasteiger partial charge in [0.15, 0.2) is 0 Å². The van der Waals surface area contributed by atoms with Crippen molar-refractivity contribution in [2.45, 2.75) is 65.2 Å². The van der Waals surface area contributed by atoms with Gasteiger partial charge in [-0.25, -0.2) is 0 Å². The molecule has 0 bridgehead atoms.